The summed E-state index contributed by atoms with van der Waals surface area (Å²) in [4.78, 5) is 10.9. The number of nitrogens with zero attached hydrogens (tertiary/aromatic N) is 1. The summed E-state index contributed by atoms with van der Waals surface area (Å²) in [5.74, 6) is -1.15. The second kappa shape index (κ2) is 5.74. The Labute approximate surface area is 121 Å². The number of carbonyl (C=O) groups is 1. The second-order valence-corrected chi connectivity index (χ2v) is 7.05. The minimum absolute atomic E-state index is 0.0184. The molecular formula is C13H13NO4S2. The van der Waals surface area contributed by atoms with Crippen LogP contribution < -0.4 is 0 Å². The molecule has 1 heterocycles. The van der Waals surface area contributed by atoms with Crippen molar-refractivity contribution in [3.05, 3.63) is 52.2 Å². The van der Waals surface area contributed by atoms with Crippen LogP contribution >= 0.6 is 11.3 Å². The molecule has 1 aromatic carbocycles. The molecule has 0 saturated heterocycles. The summed E-state index contributed by atoms with van der Waals surface area (Å²) in [5, 5.41) is 12.7. The topological polar surface area (TPSA) is 74.7 Å². The molecular weight excluding hydrogens is 298 g/mol. The molecule has 0 aliphatic rings. The van der Waals surface area contributed by atoms with E-state index in [-0.39, 0.29) is 17.0 Å². The van der Waals surface area contributed by atoms with Crippen LogP contribution in [0.2, 0.25) is 0 Å². The lowest BCUT2D eigenvalue weighted by Crippen LogP contribution is -2.26. The number of hydrogen-bond donors (Lipinski definition) is 1. The fourth-order valence-electron chi connectivity index (χ4n) is 1.69. The molecule has 0 aliphatic heterocycles. The van der Waals surface area contributed by atoms with Crippen molar-refractivity contribution >= 4 is 27.3 Å². The van der Waals surface area contributed by atoms with Crippen LogP contribution in [0.5, 0.6) is 0 Å². The van der Waals surface area contributed by atoms with Gasteiger partial charge in [-0.15, -0.1) is 0 Å². The third-order valence-electron chi connectivity index (χ3n) is 2.77. The van der Waals surface area contributed by atoms with Crippen molar-refractivity contribution in [3.63, 3.8) is 0 Å². The molecule has 5 nitrogen and oxygen atoms in total. The Morgan fingerprint density at radius 1 is 1.35 bits per heavy atom. The van der Waals surface area contributed by atoms with E-state index in [1.807, 2.05) is 16.8 Å². The Morgan fingerprint density at radius 2 is 2.10 bits per heavy atom. The molecule has 106 valence electrons. The first-order valence-corrected chi connectivity index (χ1v) is 8.10. The smallest absolute Gasteiger partial charge is 0.335 e. The van der Waals surface area contributed by atoms with Gasteiger partial charge in [-0.05, 0) is 40.6 Å². The van der Waals surface area contributed by atoms with Gasteiger partial charge in [-0.1, -0.05) is 6.07 Å². The molecule has 0 spiro atoms. The van der Waals surface area contributed by atoms with E-state index >= 15 is 0 Å². The molecule has 2 rings (SSSR count). The summed E-state index contributed by atoms with van der Waals surface area (Å²) in [6, 6.07) is 7.20. The van der Waals surface area contributed by atoms with Gasteiger partial charge in [-0.25, -0.2) is 13.2 Å². The van der Waals surface area contributed by atoms with Crippen LogP contribution in [0.4, 0.5) is 0 Å². The van der Waals surface area contributed by atoms with Crippen LogP contribution in [0.3, 0.4) is 0 Å². The van der Waals surface area contributed by atoms with Crippen LogP contribution in [0, 0.1) is 0 Å². The van der Waals surface area contributed by atoms with Crippen LogP contribution in [-0.4, -0.2) is 30.8 Å². The van der Waals surface area contributed by atoms with Gasteiger partial charge >= 0.3 is 5.97 Å². The molecule has 0 bridgehead atoms. The zero-order chi connectivity index (χ0) is 14.8. The third-order valence-corrected chi connectivity index (χ3v) is 5.31. The minimum Gasteiger partial charge on any atom is -0.478 e. The Hall–Kier alpha value is -1.70. The number of carboxylic acids is 1. The third kappa shape index (κ3) is 3.06. The maximum absolute atomic E-state index is 12.4. The first-order chi connectivity index (χ1) is 9.41. The Kier molecular flexibility index (Phi) is 4.22. The summed E-state index contributed by atoms with van der Waals surface area (Å²) in [7, 11) is -2.22. The normalized spacial score (nSPS) is 11.7. The average Bonchev–Trinajstić information content (AvgIpc) is 2.91. The fourth-order valence-corrected chi connectivity index (χ4v) is 3.56. The summed E-state index contributed by atoms with van der Waals surface area (Å²) < 4.78 is 25.9. The van der Waals surface area contributed by atoms with Gasteiger partial charge in [0.15, 0.2) is 0 Å². The molecule has 7 heteroatoms. The first kappa shape index (κ1) is 14.7. The van der Waals surface area contributed by atoms with E-state index in [1.54, 1.807) is 0 Å². The second-order valence-electron chi connectivity index (χ2n) is 4.23. The van der Waals surface area contributed by atoms with Crippen molar-refractivity contribution in [2.75, 3.05) is 7.05 Å². The Bertz CT molecular complexity index is 708. The lowest BCUT2D eigenvalue weighted by Gasteiger charge is -2.16. The van der Waals surface area contributed by atoms with Crippen molar-refractivity contribution in [3.8, 4) is 0 Å². The summed E-state index contributed by atoms with van der Waals surface area (Å²) in [5.41, 5.74) is 0.852. The number of hydrogen-bond acceptors (Lipinski definition) is 4. The summed E-state index contributed by atoms with van der Waals surface area (Å²) in [6.07, 6.45) is 0. The number of benzene rings is 1. The van der Waals surface area contributed by atoms with Crippen molar-refractivity contribution in [2.24, 2.45) is 0 Å². The van der Waals surface area contributed by atoms with Crippen molar-refractivity contribution in [1.82, 2.24) is 4.31 Å². The van der Waals surface area contributed by atoms with Gasteiger partial charge in [0.25, 0.3) is 0 Å². The molecule has 0 atom stereocenters. The Morgan fingerprint density at radius 3 is 2.70 bits per heavy atom. The zero-order valence-electron chi connectivity index (χ0n) is 10.7. The lowest BCUT2D eigenvalue weighted by molar-refractivity contribution is 0.0696. The summed E-state index contributed by atoms with van der Waals surface area (Å²) in [6.45, 7) is 0.253. The zero-order valence-corrected chi connectivity index (χ0v) is 12.3. The molecule has 0 radical (unpaired) electrons. The Balaban J connectivity index is 2.29. The highest BCUT2D eigenvalue weighted by Gasteiger charge is 2.22. The van der Waals surface area contributed by atoms with E-state index in [0.29, 0.717) is 0 Å². The van der Waals surface area contributed by atoms with Gasteiger partial charge in [0.1, 0.15) is 0 Å². The molecule has 0 aliphatic carbocycles. The molecule has 0 amide bonds. The van der Waals surface area contributed by atoms with E-state index in [1.165, 1.54) is 47.0 Å². The monoisotopic (exact) mass is 311 g/mol. The fraction of sp³-hybridized carbons (Fsp3) is 0.154. The van der Waals surface area contributed by atoms with Crippen LogP contribution in [0.15, 0.2) is 46.0 Å². The quantitative estimate of drug-likeness (QED) is 0.919. The van der Waals surface area contributed by atoms with Crippen molar-refractivity contribution in [1.29, 1.82) is 0 Å². The van der Waals surface area contributed by atoms with Gasteiger partial charge in [0, 0.05) is 13.6 Å². The molecule has 0 saturated carbocycles. The standard InChI is InChI=1S/C13H13NO4S2/c1-14(8-10-5-6-19-9-10)20(17,18)12-4-2-3-11(7-12)13(15)16/h2-7,9H,8H2,1H3,(H,15,16). The van der Waals surface area contributed by atoms with Gasteiger partial charge in [-0.2, -0.15) is 15.6 Å². The number of aromatic carboxylic acids is 1. The highest BCUT2D eigenvalue weighted by Crippen LogP contribution is 2.19. The van der Waals surface area contributed by atoms with Crippen LogP contribution in [0.25, 0.3) is 0 Å². The first-order valence-electron chi connectivity index (χ1n) is 5.72. The predicted molar refractivity (Wildman–Crippen MR) is 76.4 cm³/mol. The van der Waals surface area contributed by atoms with Crippen molar-refractivity contribution < 1.29 is 18.3 Å². The predicted octanol–water partition coefficient (Wildman–Crippen LogP) is 2.27. The molecule has 2 aromatic rings. The molecule has 20 heavy (non-hydrogen) atoms. The molecule has 1 aromatic heterocycles. The maximum Gasteiger partial charge on any atom is 0.335 e. The van der Waals surface area contributed by atoms with Crippen LogP contribution in [-0.2, 0) is 16.6 Å². The summed E-state index contributed by atoms with van der Waals surface area (Å²) >= 11 is 1.50. The highest BCUT2D eigenvalue weighted by molar-refractivity contribution is 7.89. The van der Waals surface area contributed by atoms with E-state index in [0.717, 1.165) is 5.56 Å². The van der Waals surface area contributed by atoms with Gasteiger partial charge < -0.3 is 5.11 Å². The van der Waals surface area contributed by atoms with E-state index in [4.69, 9.17) is 5.11 Å². The van der Waals surface area contributed by atoms with E-state index in [2.05, 4.69) is 0 Å². The van der Waals surface area contributed by atoms with E-state index in [9.17, 15) is 13.2 Å². The van der Waals surface area contributed by atoms with Crippen LogP contribution in [0.1, 0.15) is 15.9 Å². The van der Waals surface area contributed by atoms with Gasteiger partial charge in [0.05, 0.1) is 10.5 Å². The largest absolute Gasteiger partial charge is 0.478 e. The lowest BCUT2D eigenvalue weighted by atomic mass is 10.2. The average molecular weight is 311 g/mol. The minimum atomic E-state index is -3.70. The molecule has 0 unspecified atom stereocenters. The maximum atomic E-state index is 12.4. The number of carboxylic acid groups (broad SMARTS) is 1. The number of thiophene rings is 1. The number of rotatable bonds is 5. The van der Waals surface area contributed by atoms with Gasteiger partial charge in [0.2, 0.25) is 10.0 Å². The highest BCUT2D eigenvalue weighted by atomic mass is 32.2. The SMILES string of the molecule is CN(Cc1ccsc1)S(=O)(=O)c1cccc(C(=O)O)c1. The molecule has 1 N–H and O–H groups in total. The van der Waals surface area contributed by atoms with E-state index < -0.39 is 16.0 Å². The molecule has 0 fully saturated rings. The van der Waals surface area contributed by atoms with Crippen molar-refractivity contribution in [2.45, 2.75) is 11.4 Å². The number of sulfonamides is 1. The van der Waals surface area contributed by atoms with Gasteiger partial charge in [-0.3, -0.25) is 0 Å².